The Balaban J connectivity index is 2.98. The van der Waals surface area contributed by atoms with Crippen LogP contribution in [-0.4, -0.2) is 25.1 Å². The number of carboxylic acid groups (broad SMARTS) is 1. The van der Waals surface area contributed by atoms with E-state index in [1.54, 1.807) is 13.8 Å². The van der Waals surface area contributed by atoms with Crippen molar-refractivity contribution in [2.24, 2.45) is 11.3 Å². The molecule has 0 amide bonds. The summed E-state index contributed by atoms with van der Waals surface area (Å²) >= 11 is 28.8. The predicted octanol–water partition coefficient (Wildman–Crippen LogP) is 3.68. The van der Waals surface area contributed by atoms with E-state index < -0.39 is 31.3 Å². The van der Waals surface area contributed by atoms with Crippen LogP contribution in [0.5, 0.6) is 0 Å². The summed E-state index contributed by atoms with van der Waals surface area (Å²) in [7, 11) is 0. The van der Waals surface area contributed by atoms with E-state index >= 15 is 0 Å². The first-order valence-corrected chi connectivity index (χ1v) is 6.05. The SMILES string of the molecule is CC1(C)C(C(Cl)C(Cl)(Cl)Cl)C1(Cl)C(=O)O. The lowest BCUT2D eigenvalue weighted by Gasteiger charge is -2.19. The molecule has 3 atom stereocenters. The van der Waals surface area contributed by atoms with Crippen LogP contribution in [-0.2, 0) is 4.79 Å². The Morgan fingerprint density at radius 3 is 2.00 bits per heavy atom. The summed E-state index contributed by atoms with van der Waals surface area (Å²) in [6.07, 6.45) is 0. The number of hydrogen-bond donors (Lipinski definition) is 1. The van der Waals surface area contributed by atoms with Gasteiger partial charge in [0.1, 0.15) is 0 Å². The average molecular weight is 314 g/mol. The minimum atomic E-state index is -1.73. The number of hydrogen-bond acceptors (Lipinski definition) is 1. The lowest BCUT2D eigenvalue weighted by Crippen LogP contribution is -2.28. The third-order valence-electron chi connectivity index (χ3n) is 2.98. The van der Waals surface area contributed by atoms with Crippen molar-refractivity contribution in [2.75, 3.05) is 0 Å². The van der Waals surface area contributed by atoms with Gasteiger partial charge in [-0.15, -0.1) is 23.2 Å². The van der Waals surface area contributed by atoms with Gasteiger partial charge in [0.25, 0.3) is 0 Å². The molecular weight excluding hydrogens is 305 g/mol. The highest BCUT2D eigenvalue weighted by atomic mass is 35.6. The quantitative estimate of drug-likeness (QED) is 0.789. The molecule has 0 heterocycles. The van der Waals surface area contributed by atoms with Crippen molar-refractivity contribution in [1.29, 1.82) is 0 Å². The fourth-order valence-electron chi connectivity index (χ4n) is 1.91. The molecule has 0 bridgehead atoms. The van der Waals surface area contributed by atoms with Crippen molar-refractivity contribution in [1.82, 2.24) is 0 Å². The third-order valence-corrected chi connectivity index (χ3v) is 5.48. The molecule has 0 aromatic carbocycles. The van der Waals surface area contributed by atoms with Crippen LogP contribution in [0.3, 0.4) is 0 Å². The van der Waals surface area contributed by atoms with Crippen LogP contribution in [0, 0.1) is 11.3 Å². The smallest absolute Gasteiger partial charge is 0.325 e. The lowest BCUT2D eigenvalue weighted by atomic mass is 10.1. The van der Waals surface area contributed by atoms with E-state index in [4.69, 9.17) is 63.1 Å². The van der Waals surface area contributed by atoms with Gasteiger partial charge in [-0.05, 0) is 0 Å². The van der Waals surface area contributed by atoms with Crippen molar-refractivity contribution in [3.05, 3.63) is 0 Å². The van der Waals surface area contributed by atoms with Gasteiger partial charge in [0, 0.05) is 11.3 Å². The molecule has 1 saturated carbocycles. The van der Waals surface area contributed by atoms with Crippen molar-refractivity contribution < 1.29 is 9.90 Å². The van der Waals surface area contributed by atoms with Gasteiger partial charge in [-0.2, -0.15) is 0 Å². The zero-order valence-electron chi connectivity index (χ0n) is 7.90. The zero-order valence-corrected chi connectivity index (χ0v) is 11.7. The second kappa shape index (κ2) is 3.71. The molecule has 0 saturated heterocycles. The highest BCUT2D eigenvalue weighted by Crippen LogP contribution is 2.70. The van der Waals surface area contributed by atoms with E-state index in [0.29, 0.717) is 0 Å². The maximum absolute atomic E-state index is 11.0. The Morgan fingerprint density at radius 1 is 1.40 bits per heavy atom. The largest absolute Gasteiger partial charge is 0.480 e. The normalized spacial score (nSPS) is 36.1. The van der Waals surface area contributed by atoms with Crippen molar-refractivity contribution in [3.63, 3.8) is 0 Å². The molecule has 1 aliphatic rings. The van der Waals surface area contributed by atoms with Crippen molar-refractivity contribution >= 4 is 64.0 Å². The van der Waals surface area contributed by atoms with E-state index in [-0.39, 0.29) is 0 Å². The molecule has 15 heavy (non-hydrogen) atoms. The summed E-state index contributed by atoms with van der Waals surface area (Å²) in [6.45, 7) is 3.37. The fraction of sp³-hybridized carbons (Fsp3) is 0.875. The van der Waals surface area contributed by atoms with E-state index in [2.05, 4.69) is 0 Å². The Kier molecular flexibility index (Phi) is 3.46. The molecule has 7 heteroatoms. The molecule has 1 aliphatic carbocycles. The molecule has 1 rings (SSSR count). The van der Waals surface area contributed by atoms with Gasteiger partial charge in [0.15, 0.2) is 4.87 Å². The van der Waals surface area contributed by atoms with Crippen molar-refractivity contribution in [2.45, 2.75) is 27.9 Å². The summed E-state index contributed by atoms with van der Waals surface area (Å²) in [5.41, 5.74) is -0.698. The Labute approximate surface area is 113 Å². The van der Waals surface area contributed by atoms with Crippen LogP contribution in [0.1, 0.15) is 13.8 Å². The Hall–Kier alpha value is 0.920. The van der Waals surface area contributed by atoms with Crippen LogP contribution in [0.2, 0.25) is 0 Å². The molecule has 1 fully saturated rings. The molecule has 2 nitrogen and oxygen atoms in total. The zero-order chi connectivity index (χ0) is 12.2. The minimum absolute atomic E-state index is 0.585. The summed E-state index contributed by atoms with van der Waals surface area (Å²) < 4.78 is -1.73. The summed E-state index contributed by atoms with van der Waals surface area (Å²) in [5.74, 6) is -1.72. The Bertz CT molecular complexity index is 298. The van der Waals surface area contributed by atoms with Crippen molar-refractivity contribution in [3.8, 4) is 0 Å². The number of halogens is 5. The fourth-order valence-corrected chi connectivity index (χ4v) is 3.32. The first-order valence-electron chi connectivity index (χ1n) is 4.10. The molecule has 3 unspecified atom stereocenters. The van der Waals surface area contributed by atoms with E-state index in [0.717, 1.165) is 0 Å². The molecule has 0 aliphatic heterocycles. The number of alkyl halides is 5. The minimum Gasteiger partial charge on any atom is -0.480 e. The molecule has 88 valence electrons. The summed E-state index contributed by atoms with van der Waals surface area (Å²) in [5, 5.41) is 8.07. The number of rotatable bonds is 2. The highest BCUT2D eigenvalue weighted by Gasteiger charge is 2.79. The second-order valence-corrected chi connectivity index (χ2v) is 7.59. The standard InChI is InChI=1S/C8H9Cl5O2/c1-6(2)3(4(9)8(11,12)13)7(6,10)5(14)15/h3-4H,1-2H3,(H,14,15). The predicted molar refractivity (Wildman–Crippen MR) is 63.4 cm³/mol. The number of carboxylic acids is 1. The molecule has 0 aromatic rings. The summed E-state index contributed by atoms with van der Waals surface area (Å²) in [6, 6.07) is 0. The van der Waals surface area contributed by atoms with Gasteiger partial charge in [-0.1, -0.05) is 48.7 Å². The van der Waals surface area contributed by atoms with Gasteiger partial charge in [-0.3, -0.25) is 4.79 Å². The van der Waals surface area contributed by atoms with E-state index in [9.17, 15) is 4.79 Å². The molecule has 0 radical (unpaired) electrons. The Morgan fingerprint density at radius 2 is 1.80 bits per heavy atom. The van der Waals surface area contributed by atoms with Gasteiger partial charge in [0.05, 0.1) is 5.38 Å². The van der Waals surface area contributed by atoms with Gasteiger partial charge >= 0.3 is 5.97 Å². The van der Waals surface area contributed by atoms with E-state index in [1.165, 1.54) is 0 Å². The molecular formula is C8H9Cl5O2. The monoisotopic (exact) mass is 312 g/mol. The maximum atomic E-state index is 11.0. The van der Waals surface area contributed by atoms with Crippen LogP contribution >= 0.6 is 58.0 Å². The number of carbonyl (C=O) groups is 1. The average Bonchev–Trinajstić information content (AvgIpc) is 2.45. The van der Waals surface area contributed by atoms with Crippen LogP contribution in [0.15, 0.2) is 0 Å². The second-order valence-electron chi connectivity index (χ2n) is 4.16. The first kappa shape index (κ1) is 14.0. The first-order chi connectivity index (χ1) is 6.47. The maximum Gasteiger partial charge on any atom is 0.325 e. The number of aliphatic carboxylic acids is 1. The summed E-state index contributed by atoms with van der Waals surface area (Å²) in [4.78, 5) is 9.57. The molecule has 1 N–H and O–H groups in total. The molecule has 0 spiro atoms. The highest BCUT2D eigenvalue weighted by molar-refractivity contribution is 6.70. The van der Waals surface area contributed by atoms with E-state index in [1.807, 2.05) is 0 Å². The van der Waals surface area contributed by atoms with Crippen LogP contribution in [0.4, 0.5) is 0 Å². The lowest BCUT2D eigenvalue weighted by molar-refractivity contribution is -0.138. The van der Waals surface area contributed by atoms with Crippen LogP contribution < -0.4 is 0 Å². The topological polar surface area (TPSA) is 37.3 Å². The third kappa shape index (κ3) is 1.93. The van der Waals surface area contributed by atoms with Crippen LogP contribution in [0.25, 0.3) is 0 Å². The van der Waals surface area contributed by atoms with Gasteiger partial charge < -0.3 is 5.11 Å². The van der Waals surface area contributed by atoms with Gasteiger partial charge in [-0.25, -0.2) is 0 Å². The molecule has 0 aromatic heterocycles. The van der Waals surface area contributed by atoms with Gasteiger partial charge in [0.2, 0.25) is 3.79 Å².